The standard InChI is InChI=1S/C16H20F3N3O2/c1-22(10-11-6-2-3-7-12(11)16(17,18)19)15(24)21-13-8-4-5-9-20-14(13)23/h2-3,6-7,13H,4-5,8-10H2,1H3,(H,20,23)(H,21,24). The van der Waals surface area contributed by atoms with Crippen LogP contribution in [0.1, 0.15) is 30.4 Å². The summed E-state index contributed by atoms with van der Waals surface area (Å²) in [6.07, 6.45) is -2.32. The Balaban J connectivity index is 2.03. The van der Waals surface area contributed by atoms with Crippen LogP contribution in [-0.4, -0.2) is 36.5 Å². The first kappa shape index (κ1) is 18.1. The molecule has 24 heavy (non-hydrogen) atoms. The molecule has 0 saturated carbocycles. The number of halogens is 3. The van der Waals surface area contributed by atoms with Crippen LogP contribution in [0, 0.1) is 0 Å². The van der Waals surface area contributed by atoms with Crippen molar-refractivity contribution < 1.29 is 22.8 Å². The van der Waals surface area contributed by atoms with Crippen LogP contribution in [0.5, 0.6) is 0 Å². The van der Waals surface area contributed by atoms with E-state index in [4.69, 9.17) is 0 Å². The van der Waals surface area contributed by atoms with E-state index >= 15 is 0 Å². The molecule has 1 unspecified atom stereocenters. The fourth-order valence-electron chi connectivity index (χ4n) is 2.60. The highest BCUT2D eigenvalue weighted by Gasteiger charge is 2.33. The molecule has 1 aromatic carbocycles. The van der Waals surface area contributed by atoms with Gasteiger partial charge in [0.05, 0.1) is 5.56 Å². The number of urea groups is 1. The third-order valence-electron chi connectivity index (χ3n) is 3.91. The second-order valence-electron chi connectivity index (χ2n) is 5.80. The molecule has 1 fully saturated rings. The molecule has 1 aromatic rings. The summed E-state index contributed by atoms with van der Waals surface area (Å²) in [6.45, 7) is 0.371. The van der Waals surface area contributed by atoms with Crippen molar-refractivity contribution in [2.45, 2.75) is 38.0 Å². The predicted octanol–water partition coefficient (Wildman–Crippen LogP) is 2.52. The molecule has 132 valence electrons. The number of rotatable bonds is 3. The third kappa shape index (κ3) is 4.62. The van der Waals surface area contributed by atoms with Crippen LogP contribution in [0.3, 0.4) is 0 Å². The van der Waals surface area contributed by atoms with Crippen LogP contribution >= 0.6 is 0 Å². The lowest BCUT2D eigenvalue weighted by molar-refractivity contribution is -0.138. The Kier molecular flexibility index (Phi) is 5.69. The smallest absolute Gasteiger partial charge is 0.354 e. The number of nitrogens with one attached hydrogen (secondary N) is 2. The summed E-state index contributed by atoms with van der Waals surface area (Å²) in [5.74, 6) is -0.259. The van der Waals surface area contributed by atoms with Crippen molar-refractivity contribution in [2.75, 3.05) is 13.6 Å². The van der Waals surface area contributed by atoms with Crippen molar-refractivity contribution in [2.24, 2.45) is 0 Å². The fourth-order valence-corrected chi connectivity index (χ4v) is 2.60. The fraction of sp³-hybridized carbons (Fsp3) is 0.500. The SMILES string of the molecule is CN(Cc1ccccc1C(F)(F)F)C(=O)NC1CCCCNC1=O. The zero-order valence-electron chi connectivity index (χ0n) is 13.3. The number of hydrogen-bond acceptors (Lipinski definition) is 2. The van der Waals surface area contributed by atoms with Gasteiger partial charge in [-0.25, -0.2) is 4.79 Å². The van der Waals surface area contributed by atoms with Gasteiger partial charge in [-0.2, -0.15) is 13.2 Å². The maximum atomic E-state index is 13.0. The summed E-state index contributed by atoms with van der Waals surface area (Å²) < 4.78 is 39.0. The summed E-state index contributed by atoms with van der Waals surface area (Å²) in [5.41, 5.74) is -0.759. The molecule has 0 spiro atoms. The summed E-state index contributed by atoms with van der Waals surface area (Å²) in [5, 5.41) is 5.28. The van der Waals surface area contributed by atoms with Gasteiger partial charge >= 0.3 is 12.2 Å². The molecule has 1 aliphatic heterocycles. The van der Waals surface area contributed by atoms with E-state index in [1.807, 2.05) is 0 Å². The lowest BCUT2D eigenvalue weighted by Gasteiger charge is -2.23. The van der Waals surface area contributed by atoms with E-state index in [0.717, 1.165) is 23.8 Å². The highest BCUT2D eigenvalue weighted by molar-refractivity contribution is 5.87. The Morgan fingerprint density at radius 2 is 2.04 bits per heavy atom. The van der Waals surface area contributed by atoms with Crippen molar-refractivity contribution >= 4 is 11.9 Å². The van der Waals surface area contributed by atoms with Crippen molar-refractivity contribution in [1.29, 1.82) is 0 Å². The molecule has 2 rings (SSSR count). The zero-order valence-corrected chi connectivity index (χ0v) is 13.3. The first-order valence-electron chi connectivity index (χ1n) is 7.73. The molecule has 1 heterocycles. The summed E-state index contributed by atoms with van der Waals surface area (Å²) >= 11 is 0. The molecule has 1 aliphatic rings. The van der Waals surface area contributed by atoms with E-state index in [0.29, 0.717) is 13.0 Å². The van der Waals surface area contributed by atoms with E-state index in [9.17, 15) is 22.8 Å². The highest BCUT2D eigenvalue weighted by Crippen LogP contribution is 2.32. The van der Waals surface area contributed by atoms with Gasteiger partial charge in [0.1, 0.15) is 6.04 Å². The molecule has 1 saturated heterocycles. The van der Waals surface area contributed by atoms with Crippen LogP contribution in [0.2, 0.25) is 0 Å². The van der Waals surface area contributed by atoms with Crippen LogP contribution in [-0.2, 0) is 17.5 Å². The second-order valence-corrected chi connectivity index (χ2v) is 5.80. The van der Waals surface area contributed by atoms with Crippen molar-refractivity contribution in [1.82, 2.24) is 15.5 Å². The zero-order chi connectivity index (χ0) is 17.7. The lowest BCUT2D eigenvalue weighted by atomic mass is 10.1. The number of alkyl halides is 3. The van der Waals surface area contributed by atoms with Crippen molar-refractivity contribution in [3.8, 4) is 0 Å². The normalized spacial score (nSPS) is 18.5. The number of amides is 3. The Bertz CT molecular complexity index is 604. The van der Waals surface area contributed by atoms with Gasteiger partial charge in [0.15, 0.2) is 0 Å². The molecule has 5 nitrogen and oxygen atoms in total. The number of nitrogens with zero attached hydrogens (tertiary/aromatic N) is 1. The average Bonchev–Trinajstić information content (AvgIpc) is 2.71. The van der Waals surface area contributed by atoms with Crippen LogP contribution in [0.4, 0.5) is 18.0 Å². The van der Waals surface area contributed by atoms with Gasteiger partial charge in [-0.1, -0.05) is 18.2 Å². The molecule has 8 heteroatoms. The van der Waals surface area contributed by atoms with E-state index < -0.39 is 23.8 Å². The molecule has 3 amide bonds. The molecular weight excluding hydrogens is 323 g/mol. The van der Waals surface area contributed by atoms with Gasteiger partial charge < -0.3 is 15.5 Å². The van der Waals surface area contributed by atoms with Crippen molar-refractivity contribution in [3.05, 3.63) is 35.4 Å². The Labute approximate surface area is 138 Å². The van der Waals surface area contributed by atoms with Gasteiger partial charge in [-0.05, 0) is 30.9 Å². The van der Waals surface area contributed by atoms with E-state index in [2.05, 4.69) is 10.6 Å². The molecule has 0 bridgehead atoms. The molecule has 0 aromatic heterocycles. The minimum Gasteiger partial charge on any atom is -0.354 e. The van der Waals surface area contributed by atoms with Gasteiger partial charge in [-0.15, -0.1) is 0 Å². The first-order valence-corrected chi connectivity index (χ1v) is 7.73. The van der Waals surface area contributed by atoms with E-state index in [1.165, 1.54) is 25.2 Å². The Morgan fingerprint density at radius 1 is 1.33 bits per heavy atom. The summed E-state index contributed by atoms with van der Waals surface area (Å²) in [4.78, 5) is 25.2. The predicted molar refractivity (Wildman–Crippen MR) is 82.1 cm³/mol. The van der Waals surface area contributed by atoms with Crippen molar-refractivity contribution in [3.63, 3.8) is 0 Å². The topological polar surface area (TPSA) is 61.4 Å². The van der Waals surface area contributed by atoms with Crippen LogP contribution < -0.4 is 10.6 Å². The second kappa shape index (κ2) is 7.55. The van der Waals surface area contributed by atoms with Gasteiger partial charge in [-0.3, -0.25) is 4.79 Å². The quantitative estimate of drug-likeness (QED) is 0.886. The van der Waals surface area contributed by atoms with Gasteiger partial charge in [0.2, 0.25) is 5.91 Å². The minimum absolute atomic E-state index is 0.00738. The number of benzene rings is 1. The summed E-state index contributed by atoms with van der Waals surface area (Å²) in [6, 6.07) is 3.90. The van der Waals surface area contributed by atoms with Gasteiger partial charge in [0.25, 0.3) is 0 Å². The molecule has 0 radical (unpaired) electrons. The highest BCUT2D eigenvalue weighted by atomic mass is 19.4. The van der Waals surface area contributed by atoms with Crippen LogP contribution in [0.15, 0.2) is 24.3 Å². The monoisotopic (exact) mass is 343 g/mol. The minimum atomic E-state index is -4.48. The van der Waals surface area contributed by atoms with E-state index in [1.54, 1.807) is 0 Å². The van der Waals surface area contributed by atoms with Crippen LogP contribution in [0.25, 0.3) is 0 Å². The number of carbonyl (C=O) groups excluding carboxylic acids is 2. The first-order chi connectivity index (χ1) is 11.3. The number of carbonyl (C=O) groups is 2. The number of hydrogen-bond donors (Lipinski definition) is 2. The summed E-state index contributed by atoms with van der Waals surface area (Å²) in [7, 11) is 1.40. The Hall–Kier alpha value is -2.25. The average molecular weight is 343 g/mol. The maximum Gasteiger partial charge on any atom is 0.416 e. The Morgan fingerprint density at radius 3 is 2.75 bits per heavy atom. The molecule has 0 aliphatic carbocycles. The molecular formula is C16H20F3N3O2. The maximum absolute atomic E-state index is 13.0. The van der Waals surface area contributed by atoms with E-state index in [-0.39, 0.29) is 18.0 Å². The largest absolute Gasteiger partial charge is 0.416 e. The van der Waals surface area contributed by atoms with Gasteiger partial charge in [0, 0.05) is 20.1 Å². The molecule has 1 atom stereocenters. The lowest BCUT2D eigenvalue weighted by Crippen LogP contribution is -2.49. The molecule has 2 N–H and O–H groups in total. The third-order valence-corrected chi connectivity index (χ3v) is 3.91.